The number of benzene rings is 2. The van der Waals surface area contributed by atoms with Gasteiger partial charge in [-0.25, -0.2) is 0 Å². The third-order valence-electron chi connectivity index (χ3n) is 8.35. The SMILES string of the molecule is Cc1ccccc1CC(=O)N[C@@](C)(Cc1c[nH]c2ccccc12)C(=O)NCC1(c2ccccn2)CCCCC1. The molecule has 0 unspecified atom stereocenters. The number of para-hydroxylation sites is 1. The second kappa shape index (κ2) is 11.4. The first-order valence-corrected chi connectivity index (χ1v) is 14.0. The van der Waals surface area contributed by atoms with Crippen molar-refractivity contribution < 1.29 is 9.59 Å². The number of hydrogen-bond donors (Lipinski definition) is 3. The van der Waals surface area contributed by atoms with Crippen LogP contribution < -0.4 is 10.6 Å². The zero-order valence-electron chi connectivity index (χ0n) is 22.9. The minimum Gasteiger partial charge on any atom is -0.361 e. The number of fused-ring (bicyclic) bond motifs is 1. The Morgan fingerprint density at radius 1 is 0.949 bits per heavy atom. The van der Waals surface area contributed by atoms with E-state index in [-0.39, 0.29) is 23.7 Å². The quantitative estimate of drug-likeness (QED) is 0.269. The number of amides is 2. The van der Waals surface area contributed by atoms with Crippen molar-refractivity contribution in [3.63, 3.8) is 0 Å². The van der Waals surface area contributed by atoms with Gasteiger partial charge in [0, 0.05) is 47.4 Å². The Hall–Kier alpha value is -3.93. The highest BCUT2D eigenvalue weighted by atomic mass is 16.2. The summed E-state index contributed by atoms with van der Waals surface area (Å²) in [6.45, 7) is 4.34. The van der Waals surface area contributed by atoms with Crippen molar-refractivity contribution in [3.05, 3.63) is 102 Å². The van der Waals surface area contributed by atoms with E-state index in [1.54, 1.807) is 0 Å². The Morgan fingerprint density at radius 3 is 2.46 bits per heavy atom. The summed E-state index contributed by atoms with van der Waals surface area (Å²) in [6.07, 6.45) is 9.79. The number of aromatic amines is 1. The van der Waals surface area contributed by atoms with Crippen molar-refractivity contribution in [2.45, 2.75) is 69.7 Å². The zero-order chi connectivity index (χ0) is 27.3. The van der Waals surface area contributed by atoms with Gasteiger partial charge in [0.25, 0.3) is 0 Å². The molecule has 1 saturated carbocycles. The van der Waals surface area contributed by atoms with Crippen molar-refractivity contribution in [2.75, 3.05) is 6.54 Å². The summed E-state index contributed by atoms with van der Waals surface area (Å²) < 4.78 is 0. The topological polar surface area (TPSA) is 86.9 Å². The fraction of sp³-hybridized carbons (Fsp3) is 0.364. The molecule has 5 rings (SSSR count). The van der Waals surface area contributed by atoms with E-state index >= 15 is 0 Å². The minimum atomic E-state index is -1.13. The molecule has 2 heterocycles. The monoisotopic (exact) mass is 522 g/mol. The molecule has 2 aromatic carbocycles. The van der Waals surface area contributed by atoms with E-state index in [1.807, 2.05) is 86.9 Å². The average Bonchev–Trinajstić information content (AvgIpc) is 3.36. The lowest BCUT2D eigenvalue weighted by Gasteiger charge is -2.38. The molecular formula is C33H38N4O2. The molecular weight excluding hydrogens is 484 g/mol. The molecule has 0 aliphatic heterocycles. The van der Waals surface area contributed by atoms with Gasteiger partial charge in [-0.05, 0) is 61.6 Å². The molecule has 4 aromatic rings. The predicted molar refractivity (Wildman–Crippen MR) is 155 cm³/mol. The fourth-order valence-electron chi connectivity index (χ4n) is 6.05. The molecule has 6 nitrogen and oxygen atoms in total. The van der Waals surface area contributed by atoms with Crippen molar-refractivity contribution in [3.8, 4) is 0 Å². The first kappa shape index (κ1) is 26.7. The van der Waals surface area contributed by atoms with Gasteiger partial charge in [-0.3, -0.25) is 14.6 Å². The molecule has 1 aliphatic carbocycles. The summed E-state index contributed by atoms with van der Waals surface area (Å²) in [5, 5.41) is 7.46. The molecule has 0 spiro atoms. The summed E-state index contributed by atoms with van der Waals surface area (Å²) >= 11 is 0. The number of pyridine rings is 1. The van der Waals surface area contributed by atoms with Gasteiger partial charge >= 0.3 is 0 Å². The van der Waals surface area contributed by atoms with Gasteiger partial charge in [0.15, 0.2) is 0 Å². The Labute approximate surface area is 230 Å². The number of nitrogens with one attached hydrogen (secondary N) is 3. The summed E-state index contributed by atoms with van der Waals surface area (Å²) in [6, 6.07) is 21.9. The molecule has 0 bridgehead atoms. The van der Waals surface area contributed by atoms with Crippen LogP contribution in [0, 0.1) is 6.92 Å². The second-order valence-corrected chi connectivity index (χ2v) is 11.3. The normalized spacial score (nSPS) is 16.4. The second-order valence-electron chi connectivity index (χ2n) is 11.3. The number of rotatable bonds is 9. The van der Waals surface area contributed by atoms with E-state index < -0.39 is 5.54 Å². The molecule has 0 radical (unpaired) electrons. The molecule has 1 atom stereocenters. The van der Waals surface area contributed by atoms with Gasteiger partial charge in [-0.1, -0.05) is 67.8 Å². The molecule has 2 aromatic heterocycles. The molecule has 3 N–H and O–H groups in total. The minimum absolute atomic E-state index is 0.168. The summed E-state index contributed by atoms with van der Waals surface area (Å²) in [4.78, 5) is 35.4. The zero-order valence-corrected chi connectivity index (χ0v) is 22.9. The van der Waals surface area contributed by atoms with Crippen LogP contribution in [0.15, 0.2) is 79.1 Å². The predicted octanol–water partition coefficient (Wildman–Crippen LogP) is 5.55. The average molecular weight is 523 g/mol. The number of H-pyrrole nitrogens is 1. The first-order valence-electron chi connectivity index (χ1n) is 14.0. The summed E-state index contributed by atoms with van der Waals surface area (Å²) in [5.41, 5.74) is 3.74. The van der Waals surface area contributed by atoms with Crippen LogP contribution in [0.3, 0.4) is 0 Å². The lowest BCUT2D eigenvalue weighted by atomic mass is 9.71. The number of hydrogen-bond acceptors (Lipinski definition) is 3. The standard InChI is InChI=1S/C33H38N4O2/c1-24-12-4-5-13-25(24)20-30(38)37-32(2,21-26-22-35-28-15-7-6-14-27(26)28)31(39)36-23-33(17-9-3-10-18-33)29-16-8-11-19-34-29/h4-8,11-16,19,22,35H,3,9-10,17-18,20-21,23H2,1-2H3,(H,36,39)(H,37,38)/t32-/m0/s1. The van der Waals surface area contributed by atoms with Crippen LogP contribution in [0.1, 0.15) is 61.4 Å². The van der Waals surface area contributed by atoms with Gasteiger partial charge in [-0.15, -0.1) is 0 Å². The first-order chi connectivity index (χ1) is 18.9. The Bertz CT molecular complexity index is 1440. The number of carbonyl (C=O) groups excluding carboxylic acids is 2. The Balaban J connectivity index is 1.40. The van der Waals surface area contributed by atoms with Crippen LogP contribution >= 0.6 is 0 Å². The van der Waals surface area contributed by atoms with Crippen LogP contribution in [-0.4, -0.2) is 33.9 Å². The van der Waals surface area contributed by atoms with Crippen LogP contribution in [0.25, 0.3) is 10.9 Å². The third-order valence-corrected chi connectivity index (χ3v) is 8.35. The fourth-order valence-corrected chi connectivity index (χ4v) is 6.05. The maximum atomic E-state index is 14.0. The number of carbonyl (C=O) groups is 2. The third kappa shape index (κ3) is 5.90. The summed E-state index contributed by atoms with van der Waals surface area (Å²) in [7, 11) is 0. The number of aromatic nitrogens is 2. The van der Waals surface area contributed by atoms with Gasteiger partial charge in [0.2, 0.25) is 11.8 Å². The molecule has 39 heavy (non-hydrogen) atoms. The summed E-state index contributed by atoms with van der Waals surface area (Å²) in [5.74, 6) is -0.342. The van der Waals surface area contributed by atoms with Crippen molar-refractivity contribution >= 4 is 22.7 Å². The van der Waals surface area contributed by atoms with E-state index in [2.05, 4.69) is 26.7 Å². The van der Waals surface area contributed by atoms with Gasteiger partial charge in [0.05, 0.1) is 6.42 Å². The van der Waals surface area contributed by atoms with Crippen molar-refractivity contribution in [1.82, 2.24) is 20.6 Å². The van der Waals surface area contributed by atoms with Crippen LogP contribution in [0.4, 0.5) is 0 Å². The molecule has 2 amide bonds. The van der Waals surface area contributed by atoms with E-state index in [9.17, 15) is 9.59 Å². The lowest BCUT2D eigenvalue weighted by molar-refractivity contribution is -0.133. The smallest absolute Gasteiger partial charge is 0.245 e. The lowest BCUT2D eigenvalue weighted by Crippen LogP contribution is -2.60. The maximum Gasteiger partial charge on any atom is 0.245 e. The van der Waals surface area contributed by atoms with E-state index in [0.717, 1.165) is 59.0 Å². The largest absolute Gasteiger partial charge is 0.361 e. The van der Waals surface area contributed by atoms with Gasteiger partial charge < -0.3 is 15.6 Å². The van der Waals surface area contributed by atoms with Gasteiger partial charge in [0.1, 0.15) is 5.54 Å². The molecule has 202 valence electrons. The highest BCUT2D eigenvalue weighted by Gasteiger charge is 2.40. The molecule has 6 heteroatoms. The van der Waals surface area contributed by atoms with Crippen molar-refractivity contribution in [1.29, 1.82) is 0 Å². The van der Waals surface area contributed by atoms with E-state index in [0.29, 0.717) is 13.0 Å². The highest BCUT2D eigenvalue weighted by molar-refractivity contribution is 5.93. The van der Waals surface area contributed by atoms with E-state index in [1.165, 1.54) is 6.42 Å². The number of nitrogens with zero attached hydrogens (tertiary/aromatic N) is 1. The van der Waals surface area contributed by atoms with Crippen LogP contribution in [-0.2, 0) is 27.8 Å². The van der Waals surface area contributed by atoms with Crippen LogP contribution in [0.5, 0.6) is 0 Å². The number of aryl methyl sites for hydroxylation is 1. The molecule has 1 fully saturated rings. The maximum absolute atomic E-state index is 14.0. The van der Waals surface area contributed by atoms with Crippen LogP contribution in [0.2, 0.25) is 0 Å². The Morgan fingerprint density at radius 2 is 1.69 bits per heavy atom. The molecule has 0 saturated heterocycles. The van der Waals surface area contributed by atoms with Gasteiger partial charge in [-0.2, -0.15) is 0 Å². The van der Waals surface area contributed by atoms with E-state index in [4.69, 9.17) is 0 Å². The van der Waals surface area contributed by atoms with Crippen molar-refractivity contribution in [2.24, 2.45) is 0 Å². The molecule has 1 aliphatic rings. The highest BCUT2D eigenvalue weighted by Crippen LogP contribution is 2.38. The Kier molecular flexibility index (Phi) is 7.82.